The molecule has 140 valence electrons. The summed E-state index contributed by atoms with van der Waals surface area (Å²) >= 11 is 1.69. The summed E-state index contributed by atoms with van der Waals surface area (Å²) in [5.41, 5.74) is 1.93. The van der Waals surface area contributed by atoms with Crippen LogP contribution in [0.5, 0.6) is 0 Å². The van der Waals surface area contributed by atoms with Crippen LogP contribution in [0.4, 0.5) is 0 Å². The van der Waals surface area contributed by atoms with Crippen molar-refractivity contribution in [3.63, 3.8) is 0 Å². The van der Waals surface area contributed by atoms with Gasteiger partial charge in [0.1, 0.15) is 0 Å². The van der Waals surface area contributed by atoms with Gasteiger partial charge in [0.15, 0.2) is 9.84 Å². The number of nitrogens with one attached hydrogen (secondary N) is 1. The Balaban J connectivity index is 1.61. The number of benzene rings is 1. The van der Waals surface area contributed by atoms with Crippen LogP contribution in [0.15, 0.2) is 35.2 Å². The highest BCUT2D eigenvalue weighted by Gasteiger charge is 2.32. The van der Waals surface area contributed by atoms with Gasteiger partial charge in [-0.25, -0.2) is 8.42 Å². The van der Waals surface area contributed by atoms with Crippen molar-refractivity contribution in [3.05, 3.63) is 47.3 Å². The quantitative estimate of drug-likeness (QED) is 0.602. The molecule has 3 rings (SSSR count). The van der Waals surface area contributed by atoms with Crippen LogP contribution in [0.3, 0.4) is 0 Å². The predicted octanol–water partition coefficient (Wildman–Crippen LogP) is 2.38. The lowest BCUT2D eigenvalue weighted by atomic mass is 10.1. The van der Waals surface area contributed by atoms with Crippen molar-refractivity contribution in [2.24, 2.45) is 0 Å². The van der Waals surface area contributed by atoms with E-state index in [0.29, 0.717) is 24.2 Å². The minimum Gasteiger partial charge on any atom is -0.351 e. The molecule has 0 radical (unpaired) electrons. The lowest BCUT2D eigenvalue weighted by Crippen LogP contribution is -2.27. The van der Waals surface area contributed by atoms with E-state index >= 15 is 0 Å². The van der Waals surface area contributed by atoms with Gasteiger partial charge in [0.05, 0.1) is 28.8 Å². The molecule has 8 heteroatoms. The highest BCUT2D eigenvalue weighted by molar-refractivity contribution is 7.99. The summed E-state index contributed by atoms with van der Waals surface area (Å²) in [5.74, 6) is 0.918. The van der Waals surface area contributed by atoms with Crippen LogP contribution in [0.25, 0.3) is 0 Å². The molecule has 0 spiro atoms. The summed E-state index contributed by atoms with van der Waals surface area (Å²) in [6.45, 7) is 4.18. The molecule has 1 aliphatic rings. The van der Waals surface area contributed by atoms with Gasteiger partial charge in [-0.05, 0) is 32.4 Å². The second-order valence-electron chi connectivity index (χ2n) is 6.46. The van der Waals surface area contributed by atoms with Crippen molar-refractivity contribution in [1.29, 1.82) is 0 Å². The van der Waals surface area contributed by atoms with E-state index in [1.165, 1.54) is 4.90 Å². The fourth-order valence-corrected chi connectivity index (χ4v) is 5.74. The molecule has 1 aliphatic heterocycles. The molecule has 1 fully saturated rings. The largest absolute Gasteiger partial charge is 0.351 e. The minimum absolute atomic E-state index is 0.101. The first-order chi connectivity index (χ1) is 12.4. The Morgan fingerprint density at radius 1 is 1.31 bits per heavy atom. The average Bonchev–Trinajstić information content (AvgIpc) is 3.11. The predicted molar refractivity (Wildman–Crippen MR) is 104 cm³/mol. The van der Waals surface area contributed by atoms with E-state index in [1.54, 1.807) is 23.4 Å². The number of sulfone groups is 1. The molecule has 2 heterocycles. The molecule has 0 bridgehead atoms. The Kier molecular flexibility index (Phi) is 5.72. The van der Waals surface area contributed by atoms with Gasteiger partial charge >= 0.3 is 0 Å². The van der Waals surface area contributed by atoms with Gasteiger partial charge in [-0.3, -0.25) is 9.48 Å². The van der Waals surface area contributed by atoms with Gasteiger partial charge in [-0.15, -0.1) is 11.8 Å². The number of aromatic nitrogens is 2. The number of amides is 1. The summed E-state index contributed by atoms with van der Waals surface area (Å²) < 4.78 is 25.2. The summed E-state index contributed by atoms with van der Waals surface area (Å²) in [7, 11) is -2.99. The fourth-order valence-electron chi connectivity index (χ4n) is 3.25. The summed E-state index contributed by atoms with van der Waals surface area (Å²) in [4.78, 5) is 13.7. The van der Waals surface area contributed by atoms with E-state index in [1.807, 2.05) is 37.3 Å². The molecule has 1 atom stereocenters. The molecule has 0 saturated carbocycles. The fraction of sp³-hybridized carbons (Fsp3) is 0.444. The maximum Gasteiger partial charge on any atom is 0.255 e. The van der Waals surface area contributed by atoms with Crippen molar-refractivity contribution >= 4 is 27.5 Å². The molecule has 1 amide bonds. The SMILES string of the molecule is Cc1nn(C2CCS(=O)(=O)C2)c(C)c1C(=O)NCCSc1ccccc1. The maximum absolute atomic E-state index is 12.6. The average molecular weight is 394 g/mol. The number of carbonyl (C=O) groups excluding carboxylic acids is 1. The molecule has 1 aromatic carbocycles. The smallest absolute Gasteiger partial charge is 0.255 e. The van der Waals surface area contributed by atoms with E-state index in [2.05, 4.69) is 10.4 Å². The molecule has 1 N–H and O–H groups in total. The van der Waals surface area contributed by atoms with Gasteiger partial charge < -0.3 is 5.32 Å². The Morgan fingerprint density at radius 3 is 2.69 bits per heavy atom. The van der Waals surface area contributed by atoms with Crippen LogP contribution >= 0.6 is 11.8 Å². The third kappa shape index (κ3) is 4.29. The van der Waals surface area contributed by atoms with Gasteiger partial charge in [0.2, 0.25) is 0 Å². The topological polar surface area (TPSA) is 81.1 Å². The summed E-state index contributed by atoms with van der Waals surface area (Å²) in [6, 6.07) is 9.87. The Labute approximate surface area is 158 Å². The van der Waals surface area contributed by atoms with Crippen LogP contribution in [-0.4, -0.2) is 47.9 Å². The standard InChI is InChI=1S/C18H23N3O3S2/c1-13-17(14(2)21(20-13)15-8-11-26(23,24)12-15)18(22)19-9-10-25-16-6-4-3-5-7-16/h3-7,15H,8-12H2,1-2H3,(H,19,22). The van der Waals surface area contributed by atoms with Gasteiger partial charge in [-0.2, -0.15) is 5.10 Å². The second-order valence-corrected chi connectivity index (χ2v) is 9.86. The number of aryl methyl sites for hydroxylation is 1. The monoisotopic (exact) mass is 393 g/mol. The van der Waals surface area contributed by atoms with E-state index in [4.69, 9.17) is 0 Å². The molecular formula is C18H23N3O3S2. The zero-order valence-electron chi connectivity index (χ0n) is 14.9. The van der Waals surface area contributed by atoms with Crippen LogP contribution in [0, 0.1) is 13.8 Å². The van der Waals surface area contributed by atoms with Gasteiger partial charge in [0, 0.05) is 22.9 Å². The van der Waals surface area contributed by atoms with E-state index < -0.39 is 9.84 Å². The number of hydrogen-bond acceptors (Lipinski definition) is 5. The first kappa shape index (κ1) is 19.0. The summed E-state index contributed by atoms with van der Waals surface area (Å²) in [6.07, 6.45) is 0.555. The van der Waals surface area contributed by atoms with Crippen LogP contribution in [0.1, 0.15) is 34.2 Å². The lowest BCUT2D eigenvalue weighted by molar-refractivity contribution is 0.0955. The zero-order valence-corrected chi connectivity index (χ0v) is 16.6. The first-order valence-corrected chi connectivity index (χ1v) is 11.4. The molecular weight excluding hydrogens is 370 g/mol. The van der Waals surface area contributed by atoms with Crippen molar-refractivity contribution < 1.29 is 13.2 Å². The van der Waals surface area contributed by atoms with Gasteiger partial charge in [0.25, 0.3) is 5.91 Å². The molecule has 1 unspecified atom stereocenters. The number of rotatable bonds is 6. The zero-order chi connectivity index (χ0) is 18.7. The highest BCUT2D eigenvalue weighted by Crippen LogP contribution is 2.26. The lowest BCUT2D eigenvalue weighted by Gasteiger charge is -2.11. The van der Waals surface area contributed by atoms with Crippen molar-refractivity contribution in [1.82, 2.24) is 15.1 Å². The number of hydrogen-bond donors (Lipinski definition) is 1. The van der Waals surface area contributed by atoms with E-state index in [-0.39, 0.29) is 23.5 Å². The van der Waals surface area contributed by atoms with E-state index in [0.717, 1.165) is 11.4 Å². The molecule has 1 saturated heterocycles. The van der Waals surface area contributed by atoms with Gasteiger partial charge in [-0.1, -0.05) is 18.2 Å². The van der Waals surface area contributed by atoms with Crippen LogP contribution in [-0.2, 0) is 9.84 Å². The third-order valence-electron chi connectivity index (χ3n) is 4.51. The molecule has 26 heavy (non-hydrogen) atoms. The third-order valence-corrected chi connectivity index (χ3v) is 7.27. The Bertz CT molecular complexity index is 892. The Morgan fingerprint density at radius 2 is 2.04 bits per heavy atom. The van der Waals surface area contributed by atoms with Crippen molar-refractivity contribution in [2.75, 3.05) is 23.8 Å². The molecule has 6 nitrogen and oxygen atoms in total. The molecule has 0 aliphatic carbocycles. The second kappa shape index (κ2) is 7.84. The Hall–Kier alpha value is -1.80. The number of carbonyl (C=O) groups is 1. The molecule has 2 aromatic rings. The van der Waals surface area contributed by atoms with Crippen LogP contribution < -0.4 is 5.32 Å². The molecule has 1 aromatic heterocycles. The number of thioether (sulfide) groups is 1. The van der Waals surface area contributed by atoms with Crippen molar-refractivity contribution in [3.8, 4) is 0 Å². The summed E-state index contributed by atoms with van der Waals surface area (Å²) in [5, 5.41) is 7.38. The van der Waals surface area contributed by atoms with E-state index in [9.17, 15) is 13.2 Å². The minimum atomic E-state index is -2.99. The first-order valence-electron chi connectivity index (χ1n) is 8.59. The van der Waals surface area contributed by atoms with Crippen molar-refractivity contribution in [2.45, 2.75) is 31.2 Å². The number of nitrogens with zero attached hydrogens (tertiary/aromatic N) is 2. The van der Waals surface area contributed by atoms with Crippen LogP contribution in [0.2, 0.25) is 0 Å². The highest BCUT2D eigenvalue weighted by atomic mass is 32.2. The maximum atomic E-state index is 12.6. The normalized spacial score (nSPS) is 18.8.